The molecule has 0 radical (unpaired) electrons. The summed E-state index contributed by atoms with van der Waals surface area (Å²) in [7, 11) is 1.59. The number of amides is 2. The number of benzene rings is 3. The van der Waals surface area contributed by atoms with Gasteiger partial charge >= 0.3 is 0 Å². The number of anilines is 1. The van der Waals surface area contributed by atoms with Gasteiger partial charge in [-0.15, -0.1) is 0 Å². The Morgan fingerprint density at radius 3 is 2.41 bits per heavy atom. The van der Waals surface area contributed by atoms with Crippen molar-refractivity contribution in [1.29, 1.82) is 0 Å². The number of rotatable bonds is 6. The molecule has 146 valence electrons. The Hall–Kier alpha value is -3.93. The van der Waals surface area contributed by atoms with Gasteiger partial charge in [0.1, 0.15) is 5.75 Å². The molecule has 0 aliphatic carbocycles. The van der Waals surface area contributed by atoms with Crippen molar-refractivity contribution in [2.24, 2.45) is 5.10 Å². The van der Waals surface area contributed by atoms with E-state index in [4.69, 9.17) is 4.74 Å². The third kappa shape index (κ3) is 5.52. The number of methoxy groups -OCH3 is 1. The third-order valence-corrected chi connectivity index (χ3v) is 4.17. The van der Waals surface area contributed by atoms with Gasteiger partial charge < -0.3 is 10.1 Å². The van der Waals surface area contributed by atoms with Gasteiger partial charge in [0.2, 0.25) is 0 Å². The number of hydrogen-bond donors (Lipinski definition) is 2. The maximum Gasteiger partial charge on any atom is 0.271 e. The number of nitrogens with zero attached hydrogens (tertiary/aromatic N) is 1. The zero-order valence-electron chi connectivity index (χ0n) is 16.2. The maximum atomic E-state index is 12.3. The summed E-state index contributed by atoms with van der Waals surface area (Å²) < 4.78 is 5.15. The van der Waals surface area contributed by atoms with Crippen LogP contribution in [-0.4, -0.2) is 25.1 Å². The van der Waals surface area contributed by atoms with E-state index in [1.807, 2.05) is 37.3 Å². The molecule has 0 atom stereocenters. The number of ether oxygens (including phenoxy) is 1. The Morgan fingerprint density at radius 2 is 1.66 bits per heavy atom. The van der Waals surface area contributed by atoms with E-state index in [1.165, 1.54) is 6.21 Å². The molecule has 3 aromatic carbocycles. The normalized spacial score (nSPS) is 10.6. The third-order valence-electron chi connectivity index (χ3n) is 4.17. The predicted molar refractivity (Wildman–Crippen MR) is 114 cm³/mol. The summed E-state index contributed by atoms with van der Waals surface area (Å²) in [5.74, 6) is 0.0893. The summed E-state index contributed by atoms with van der Waals surface area (Å²) in [6.45, 7) is 1.96. The van der Waals surface area contributed by atoms with Crippen LogP contribution in [0.1, 0.15) is 31.8 Å². The topological polar surface area (TPSA) is 79.8 Å². The molecule has 6 heteroatoms. The fourth-order valence-corrected chi connectivity index (χ4v) is 2.60. The fourth-order valence-electron chi connectivity index (χ4n) is 2.60. The molecule has 3 rings (SSSR count). The molecule has 0 saturated heterocycles. The van der Waals surface area contributed by atoms with Crippen LogP contribution in [-0.2, 0) is 0 Å². The first-order valence-electron chi connectivity index (χ1n) is 9.01. The summed E-state index contributed by atoms with van der Waals surface area (Å²) in [6, 6.07) is 21.3. The lowest BCUT2D eigenvalue weighted by molar-refractivity contribution is 0.0953. The monoisotopic (exact) mass is 387 g/mol. The van der Waals surface area contributed by atoms with Gasteiger partial charge in [-0.1, -0.05) is 35.9 Å². The number of aryl methyl sites for hydroxylation is 1. The van der Waals surface area contributed by atoms with Crippen LogP contribution in [0.4, 0.5) is 5.69 Å². The molecule has 0 spiro atoms. The van der Waals surface area contributed by atoms with Gasteiger partial charge in [-0.05, 0) is 55.0 Å². The first-order valence-corrected chi connectivity index (χ1v) is 9.01. The van der Waals surface area contributed by atoms with E-state index in [2.05, 4.69) is 15.8 Å². The van der Waals surface area contributed by atoms with Gasteiger partial charge in [-0.25, -0.2) is 5.43 Å². The van der Waals surface area contributed by atoms with Crippen molar-refractivity contribution in [3.63, 3.8) is 0 Å². The van der Waals surface area contributed by atoms with Crippen LogP contribution in [0, 0.1) is 6.92 Å². The Morgan fingerprint density at radius 1 is 0.897 bits per heavy atom. The lowest BCUT2D eigenvalue weighted by Gasteiger charge is -2.07. The smallest absolute Gasteiger partial charge is 0.271 e. The number of nitrogens with one attached hydrogen (secondary N) is 2. The molecule has 0 saturated carbocycles. The molecular formula is C23H21N3O3. The molecule has 0 aliphatic rings. The molecule has 2 N–H and O–H groups in total. The summed E-state index contributed by atoms with van der Waals surface area (Å²) in [5, 5.41) is 6.77. The van der Waals surface area contributed by atoms with Crippen molar-refractivity contribution >= 4 is 23.7 Å². The van der Waals surface area contributed by atoms with Crippen molar-refractivity contribution < 1.29 is 14.3 Å². The quantitative estimate of drug-likeness (QED) is 0.495. The predicted octanol–water partition coefficient (Wildman–Crippen LogP) is 4.02. The second-order valence-electron chi connectivity index (χ2n) is 6.38. The number of hydrazone groups is 1. The highest BCUT2D eigenvalue weighted by Gasteiger charge is 2.09. The Balaban J connectivity index is 1.63. The van der Waals surface area contributed by atoms with E-state index >= 15 is 0 Å². The van der Waals surface area contributed by atoms with Crippen molar-refractivity contribution in [2.45, 2.75) is 6.92 Å². The van der Waals surface area contributed by atoms with Gasteiger partial charge in [0.05, 0.1) is 13.3 Å². The van der Waals surface area contributed by atoms with Crippen LogP contribution < -0.4 is 15.5 Å². The molecular weight excluding hydrogens is 366 g/mol. The molecule has 3 aromatic rings. The SMILES string of the molecule is COc1cccc(/C=N/NC(=O)c2cccc(NC(=O)c3ccc(C)cc3)c2)c1. The first-order chi connectivity index (χ1) is 14.0. The van der Waals surface area contributed by atoms with Crippen molar-refractivity contribution in [1.82, 2.24) is 5.43 Å². The van der Waals surface area contributed by atoms with Crippen LogP contribution in [0.15, 0.2) is 77.9 Å². The minimum Gasteiger partial charge on any atom is -0.497 e. The van der Waals surface area contributed by atoms with Gasteiger partial charge in [-0.3, -0.25) is 9.59 Å². The van der Waals surface area contributed by atoms with E-state index in [-0.39, 0.29) is 11.8 Å². The second kappa shape index (κ2) is 9.32. The lowest BCUT2D eigenvalue weighted by atomic mass is 10.1. The van der Waals surface area contributed by atoms with Crippen LogP contribution in [0.3, 0.4) is 0 Å². The van der Waals surface area contributed by atoms with E-state index in [9.17, 15) is 9.59 Å². The largest absolute Gasteiger partial charge is 0.497 e. The van der Waals surface area contributed by atoms with Gasteiger partial charge in [0.15, 0.2) is 0 Å². The number of carbonyl (C=O) groups is 2. The van der Waals surface area contributed by atoms with Crippen LogP contribution in [0.5, 0.6) is 5.75 Å². The van der Waals surface area contributed by atoms with Crippen LogP contribution >= 0.6 is 0 Å². The molecule has 0 aromatic heterocycles. The second-order valence-corrected chi connectivity index (χ2v) is 6.38. The highest BCUT2D eigenvalue weighted by atomic mass is 16.5. The van der Waals surface area contributed by atoms with Crippen molar-refractivity contribution in [2.75, 3.05) is 12.4 Å². The molecule has 0 bridgehead atoms. The highest BCUT2D eigenvalue weighted by molar-refractivity contribution is 6.05. The number of hydrogen-bond acceptors (Lipinski definition) is 4. The first kappa shape index (κ1) is 19.8. The zero-order chi connectivity index (χ0) is 20.6. The van der Waals surface area contributed by atoms with Gasteiger partial charge in [0, 0.05) is 16.8 Å². The van der Waals surface area contributed by atoms with E-state index in [0.29, 0.717) is 22.6 Å². The Labute approximate surface area is 169 Å². The van der Waals surface area contributed by atoms with E-state index < -0.39 is 0 Å². The van der Waals surface area contributed by atoms with Crippen molar-refractivity contribution in [3.05, 3.63) is 95.1 Å². The molecule has 29 heavy (non-hydrogen) atoms. The lowest BCUT2D eigenvalue weighted by Crippen LogP contribution is -2.18. The standard InChI is InChI=1S/C23H21N3O3/c1-16-9-11-18(12-10-16)22(27)25-20-7-4-6-19(14-20)23(28)26-24-15-17-5-3-8-21(13-17)29-2/h3-15H,1-2H3,(H,25,27)(H,26,28)/b24-15+. The molecule has 0 unspecified atom stereocenters. The molecule has 0 fully saturated rings. The summed E-state index contributed by atoms with van der Waals surface area (Å²) in [4.78, 5) is 24.7. The minimum atomic E-state index is -0.379. The highest BCUT2D eigenvalue weighted by Crippen LogP contribution is 2.13. The summed E-state index contributed by atoms with van der Waals surface area (Å²) in [5.41, 5.74) is 5.81. The van der Waals surface area contributed by atoms with Crippen molar-refractivity contribution in [3.8, 4) is 5.75 Å². The van der Waals surface area contributed by atoms with Gasteiger partial charge in [-0.2, -0.15) is 5.10 Å². The molecule has 0 heterocycles. The molecule has 0 aliphatic heterocycles. The average Bonchev–Trinajstić information content (AvgIpc) is 2.74. The summed E-state index contributed by atoms with van der Waals surface area (Å²) in [6.07, 6.45) is 1.53. The molecule has 6 nitrogen and oxygen atoms in total. The average molecular weight is 387 g/mol. The Kier molecular flexibility index (Phi) is 6.37. The minimum absolute atomic E-state index is 0.237. The van der Waals surface area contributed by atoms with Crippen LogP contribution in [0.2, 0.25) is 0 Å². The van der Waals surface area contributed by atoms with E-state index in [1.54, 1.807) is 49.6 Å². The Bertz CT molecular complexity index is 1040. The number of carbonyl (C=O) groups excluding carboxylic acids is 2. The van der Waals surface area contributed by atoms with Crippen LogP contribution in [0.25, 0.3) is 0 Å². The zero-order valence-corrected chi connectivity index (χ0v) is 16.2. The van der Waals surface area contributed by atoms with E-state index in [0.717, 1.165) is 11.1 Å². The maximum absolute atomic E-state index is 12.3. The summed E-state index contributed by atoms with van der Waals surface area (Å²) >= 11 is 0. The fraction of sp³-hybridized carbons (Fsp3) is 0.0870. The molecule has 2 amide bonds. The van der Waals surface area contributed by atoms with Gasteiger partial charge in [0.25, 0.3) is 11.8 Å².